The molecule has 4 nitrogen and oxygen atoms in total. The first-order valence-electron chi connectivity index (χ1n) is 7.57. The van der Waals surface area contributed by atoms with E-state index in [1.807, 2.05) is 12.5 Å². The topological polar surface area (TPSA) is 33.1 Å². The van der Waals surface area contributed by atoms with Crippen LogP contribution in [0, 0.1) is 0 Å². The Balaban J connectivity index is 1.86. The van der Waals surface area contributed by atoms with Gasteiger partial charge in [-0.25, -0.2) is 4.98 Å². The second kappa shape index (κ2) is 7.06. The Morgan fingerprint density at radius 1 is 1.37 bits per heavy atom. The number of unbranched alkanes of at least 4 members (excludes halogenated alkanes) is 1. The molecule has 0 spiro atoms. The van der Waals surface area contributed by atoms with Crippen LogP contribution in [-0.2, 0) is 6.54 Å². The summed E-state index contributed by atoms with van der Waals surface area (Å²) in [4.78, 5) is 6.60. The van der Waals surface area contributed by atoms with Crippen molar-refractivity contribution in [3.8, 4) is 0 Å². The van der Waals surface area contributed by atoms with Crippen LogP contribution in [0.5, 0.6) is 0 Å². The van der Waals surface area contributed by atoms with Crippen molar-refractivity contribution in [2.24, 2.45) is 0 Å². The maximum absolute atomic E-state index is 4.35. The van der Waals surface area contributed by atoms with Crippen molar-refractivity contribution in [2.75, 3.05) is 20.6 Å². The fourth-order valence-electron chi connectivity index (χ4n) is 2.89. The van der Waals surface area contributed by atoms with Crippen molar-refractivity contribution in [3.63, 3.8) is 0 Å². The average Bonchev–Trinajstić information content (AvgIpc) is 2.83. The van der Waals surface area contributed by atoms with Crippen LogP contribution in [0.4, 0.5) is 0 Å². The maximum atomic E-state index is 4.35. The molecule has 1 saturated heterocycles. The molecule has 0 saturated carbocycles. The van der Waals surface area contributed by atoms with E-state index < -0.39 is 0 Å². The second-order valence-corrected chi connectivity index (χ2v) is 6.07. The molecule has 2 rings (SSSR count). The van der Waals surface area contributed by atoms with Gasteiger partial charge in [-0.1, -0.05) is 0 Å². The Labute approximate surface area is 117 Å². The molecule has 0 aliphatic carbocycles. The number of hydrogen-bond donors (Lipinski definition) is 1. The first-order valence-corrected chi connectivity index (χ1v) is 7.57. The Kier molecular flexibility index (Phi) is 5.40. The fourth-order valence-corrected chi connectivity index (χ4v) is 2.89. The van der Waals surface area contributed by atoms with Crippen LogP contribution < -0.4 is 5.32 Å². The predicted molar refractivity (Wildman–Crippen MR) is 79.2 cm³/mol. The molecule has 2 atom stereocenters. The van der Waals surface area contributed by atoms with Crippen LogP contribution in [0.15, 0.2) is 12.5 Å². The zero-order valence-electron chi connectivity index (χ0n) is 12.6. The normalized spacial score (nSPS) is 24.0. The lowest BCUT2D eigenvalue weighted by Gasteiger charge is -2.29. The zero-order valence-corrected chi connectivity index (χ0v) is 12.6. The molecule has 0 amide bonds. The summed E-state index contributed by atoms with van der Waals surface area (Å²) in [6, 6.07) is 1.14. The highest BCUT2D eigenvalue weighted by atomic mass is 15.1. The molecule has 4 heteroatoms. The minimum atomic E-state index is 0.500. The molecule has 2 unspecified atom stereocenters. The molecule has 1 aliphatic rings. The summed E-state index contributed by atoms with van der Waals surface area (Å²) in [6.45, 7) is 4.54. The minimum absolute atomic E-state index is 0.500. The number of aryl methyl sites for hydroxylation is 1. The third kappa shape index (κ3) is 4.32. The molecule has 1 aromatic rings. The molecule has 1 aliphatic heterocycles. The van der Waals surface area contributed by atoms with Crippen molar-refractivity contribution in [2.45, 2.75) is 57.7 Å². The number of piperidine rings is 1. The highest BCUT2D eigenvalue weighted by Gasteiger charge is 2.21. The van der Waals surface area contributed by atoms with E-state index in [4.69, 9.17) is 0 Å². The molecule has 1 fully saturated rings. The number of imidazole rings is 1. The van der Waals surface area contributed by atoms with Gasteiger partial charge in [-0.3, -0.25) is 0 Å². The molecule has 108 valence electrons. The van der Waals surface area contributed by atoms with Crippen LogP contribution in [-0.4, -0.2) is 41.1 Å². The summed E-state index contributed by atoms with van der Waals surface area (Å²) in [5, 5.41) is 3.70. The Bertz CT molecular complexity index is 372. The molecule has 1 N–H and O–H groups in total. The van der Waals surface area contributed by atoms with Crippen LogP contribution in [0.3, 0.4) is 0 Å². The number of nitrogens with one attached hydrogen (secondary N) is 1. The average molecular weight is 264 g/mol. The van der Waals surface area contributed by atoms with Gasteiger partial charge in [0, 0.05) is 24.8 Å². The van der Waals surface area contributed by atoms with E-state index >= 15 is 0 Å². The number of rotatable bonds is 6. The summed E-state index contributed by atoms with van der Waals surface area (Å²) in [7, 11) is 4.27. The lowest BCUT2D eigenvalue weighted by atomic mass is 9.97. The minimum Gasteiger partial charge on any atom is -0.333 e. The van der Waals surface area contributed by atoms with E-state index in [0.717, 1.165) is 6.54 Å². The third-order valence-electron chi connectivity index (χ3n) is 3.97. The summed E-state index contributed by atoms with van der Waals surface area (Å²) < 4.78 is 2.34. The van der Waals surface area contributed by atoms with Crippen molar-refractivity contribution < 1.29 is 0 Å². The van der Waals surface area contributed by atoms with Crippen molar-refractivity contribution in [1.29, 1.82) is 0 Å². The lowest BCUT2D eigenvalue weighted by molar-refractivity contribution is 0.327. The monoisotopic (exact) mass is 264 g/mol. The van der Waals surface area contributed by atoms with Crippen LogP contribution in [0.25, 0.3) is 0 Å². The zero-order chi connectivity index (χ0) is 13.7. The third-order valence-corrected chi connectivity index (χ3v) is 3.97. The number of hydrogen-bond acceptors (Lipinski definition) is 3. The Morgan fingerprint density at radius 2 is 2.21 bits per heavy atom. The van der Waals surface area contributed by atoms with Crippen molar-refractivity contribution in [3.05, 3.63) is 18.2 Å². The highest BCUT2D eigenvalue weighted by Crippen LogP contribution is 2.25. The van der Waals surface area contributed by atoms with Crippen LogP contribution in [0.1, 0.15) is 50.8 Å². The van der Waals surface area contributed by atoms with Gasteiger partial charge >= 0.3 is 0 Å². The van der Waals surface area contributed by atoms with Gasteiger partial charge in [0.25, 0.3) is 0 Å². The van der Waals surface area contributed by atoms with Gasteiger partial charge in [0.2, 0.25) is 0 Å². The second-order valence-electron chi connectivity index (χ2n) is 6.07. The highest BCUT2D eigenvalue weighted by molar-refractivity contribution is 5.07. The molecule has 0 aromatic carbocycles. The van der Waals surface area contributed by atoms with E-state index in [-0.39, 0.29) is 0 Å². The molecule has 0 radical (unpaired) electrons. The number of aromatic nitrogens is 2. The van der Waals surface area contributed by atoms with E-state index in [0.29, 0.717) is 12.1 Å². The molecule has 0 bridgehead atoms. The lowest BCUT2D eigenvalue weighted by Crippen LogP contribution is -2.35. The van der Waals surface area contributed by atoms with Crippen molar-refractivity contribution >= 4 is 0 Å². The molecular formula is C15H28N4. The van der Waals surface area contributed by atoms with Crippen molar-refractivity contribution in [1.82, 2.24) is 19.8 Å². The Morgan fingerprint density at radius 3 is 2.95 bits per heavy atom. The van der Waals surface area contributed by atoms with E-state index in [9.17, 15) is 0 Å². The van der Waals surface area contributed by atoms with E-state index in [1.165, 1.54) is 44.3 Å². The number of nitrogens with zero attached hydrogens (tertiary/aromatic N) is 3. The van der Waals surface area contributed by atoms with Crippen LogP contribution >= 0.6 is 0 Å². The summed E-state index contributed by atoms with van der Waals surface area (Å²) >= 11 is 0. The van der Waals surface area contributed by atoms with Gasteiger partial charge in [0.1, 0.15) is 0 Å². The van der Waals surface area contributed by atoms with E-state index in [2.05, 4.69) is 40.8 Å². The summed E-state index contributed by atoms with van der Waals surface area (Å²) in [5.41, 5.74) is 1.37. The summed E-state index contributed by atoms with van der Waals surface area (Å²) in [5.74, 6) is 0. The Hall–Kier alpha value is -0.870. The first kappa shape index (κ1) is 14.5. The first-order chi connectivity index (χ1) is 9.16. The maximum Gasteiger partial charge on any atom is 0.0948 e. The van der Waals surface area contributed by atoms with Gasteiger partial charge in [0.05, 0.1) is 12.0 Å². The molecule has 2 heterocycles. The van der Waals surface area contributed by atoms with Gasteiger partial charge in [-0.2, -0.15) is 0 Å². The van der Waals surface area contributed by atoms with Gasteiger partial charge < -0.3 is 14.8 Å². The SMILES string of the molecule is CC1CCCC(c2cncn2CCCCN(C)C)N1. The molecule has 1 aromatic heterocycles. The quantitative estimate of drug-likeness (QED) is 0.801. The standard InChI is InChI=1S/C15H28N4/c1-13-7-6-8-14(17-13)15-11-16-12-19(15)10-5-4-9-18(2)3/h11-14,17H,4-10H2,1-3H3. The fraction of sp³-hybridized carbons (Fsp3) is 0.800. The smallest absolute Gasteiger partial charge is 0.0948 e. The largest absolute Gasteiger partial charge is 0.333 e. The molecule has 19 heavy (non-hydrogen) atoms. The van der Waals surface area contributed by atoms with Crippen LogP contribution in [0.2, 0.25) is 0 Å². The predicted octanol–water partition coefficient (Wildman–Crippen LogP) is 2.43. The van der Waals surface area contributed by atoms with Gasteiger partial charge in [-0.05, 0) is 59.7 Å². The van der Waals surface area contributed by atoms with Gasteiger partial charge in [0.15, 0.2) is 0 Å². The van der Waals surface area contributed by atoms with Gasteiger partial charge in [-0.15, -0.1) is 0 Å². The van der Waals surface area contributed by atoms with E-state index in [1.54, 1.807) is 0 Å². The summed E-state index contributed by atoms with van der Waals surface area (Å²) in [6.07, 6.45) is 10.4. The molecular weight excluding hydrogens is 236 g/mol.